The second-order valence-corrected chi connectivity index (χ2v) is 4.24. The van der Waals surface area contributed by atoms with Gasteiger partial charge in [-0.25, -0.2) is 0 Å². The zero-order valence-electron chi connectivity index (χ0n) is 10.1. The molecule has 17 heavy (non-hydrogen) atoms. The molecular weight excluding hydrogens is 220 g/mol. The highest BCUT2D eigenvalue weighted by Crippen LogP contribution is 2.20. The number of hydrogen-bond acceptors (Lipinski definition) is 6. The van der Waals surface area contributed by atoms with E-state index in [0.29, 0.717) is 18.3 Å². The highest BCUT2D eigenvalue weighted by Gasteiger charge is 2.17. The Hall–Kier alpha value is -1.73. The molecule has 0 aromatic carbocycles. The molecule has 2 aromatic heterocycles. The number of H-pyrrole nitrogens is 1. The molecule has 0 aliphatic carbocycles. The maximum Gasteiger partial charge on any atom is 0.261 e. The zero-order valence-corrected chi connectivity index (χ0v) is 10.1. The van der Waals surface area contributed by atoms with Crippen molar-refractivity contribution >= 4 is 0 Å². The van der Waals surface area contributed by atoms with Crippen molar-refractivity contribution in [3.05, 3.63) is 17.7 Å². The molecule has 0 amide bonds. The van der Waals surface area contributed by atoms with Crippen LogP contribution in [0.25, 0.3) is 11.5 Å². The summed E-state index contributed by atoms with van der Waals surface area (Å²) >= 11 is 0. The summed E-state index contributed by atoms with van der Waals surface area (Å²) in [6.45, 7) is 2.56. The number of nitrogens with two attached hydrogens (primary N) is 1. The van der Waals surface area contributed by atoms with E-state index in [1.165, 1.54) is 0 Å². The molecule has 2 aromatic rings. The van der Waals surface area contributed by atoms with Crippen molar-refractivity contribution in [1.82, 2.24) is 25.2 Å². The standard InChI is InChI=1S/C10H16N6O/c1-6-7(4-12-14-6)10-13-9(15-17-10)8(11)5-16(2)3/h4,8H,5,11H2,1-3H3,(H,12,14). The average molecular weight is 236 g/mol. The number of nitrogens with one attached hydrogen (secondary N) is 1. The van der Waals surface area contributed by atoms with Crippen LogP contribution in [0, 0.1) is 6.92 Å². The second-order valence-electron chi connectivity index (χ2n) is 4.24. The number of rotatable bonds is 4. The Morgan fingerprint density at radius 2 is 2.29 bits per heavy atom. The minimum atomic E-state index is -0.255. The fourth-order valence-electron chi connectivity index (χ4n) is 1.54. The predicted octanol–water partition coefficient (Wildman–Crippen LogP) is 0.330. The van der Waals surface area contributed by atoms with Crippen molar-refractivity contribution in [2.24, 2.45) is 5.73 Å². The Labute approximate surface area is 99.0 Å². The molecular formula is C10H16N6O. The Morgan fingerprint density at radius 3 is 2.88 bits per heavy atom. The molecule has 7 nitrogen and oxygen atoms in total. The van der Waals surface area contributed by atoms with Gasteiger partial charge in [0.05, 0.1) is 17.8 Å². The number of aromatic nitrogens is 4. The molecule has 0 spiro atoms. The zero-order chi connectivity index (χ0) is 12.4. The van der Waals surface area contributed by atoms with E-state index in [2.05, 4.69) is 20.3 Å². The average Bonchev–Trinajstić information content (AvgIpc) is 2.84. The number of hydrogen-bond donors (Lipinski definition) is 2. The molecule has 0 saturated carbocycles. The van der Waals surface area contributed by atoms with Crippen molar-refractivity contribution in [3.8, 4) is 11.5 Å². The smallest absolute Gasteiger partial charge is 0.261 e. The van der Waals surface area contributed by atoms with Gasteiger partial charge >= 0.3 is 0 Å². The fraction of sp³-hybridized carbons (Fsp3) is 0.500. The molecule has 0 fully saturated rings. The lowest BCUT2D eigenvalue weighted by Gasteiger charge is -2.12. The van der Waals surface area contributed by atoms with Crippen molar-refractivity contribution in [3.63, 3.8) is 0 Å². The first-order valence-corrected chi connectivity index (χ1v) is 5.32. The van der Waals surface area contributed by atoms with Gasteiger partial charge in [-0.15, -0.1) is 0 Å². The van der Waals surface area contributed by atoms with Crippen LogP contribution < -0.4 is 5.73 Å². The molecule has 0 radical (unpaired) electrons. The Morgan fingerprint density at radius 1 is 1.53 bits per heavy atom. The molecule has 0 aliphatic heterocycles. The topological polar surface area (TPSA) is 96.9 Å². The predicted molar refractivity (Wildman–Crippen MR) is 62.1 cm³/mol. The molecule has 2 rings (SSSR count). The Kier molecular flexibility index (Phi) is 3.21. The van der Waals surface area contributed by atoms with E-state index < -0.39 is 0 Å². The Balaban J connectivity index is 2.19. The first-order chi connectivity index (χ1) is 8.08. The van der Waals surface area contributed by atoms with Crippen LogP contribution in [0.2, 0.25) is 0 Å². The van der Waals surface area contributed by atoms with E-state index >= 15 is 0 Å². The molecule has 0 saturated heterocycles. The molecule has 7 heteroatoms. The summed E-state index contributed by atoms with van der Waals surface area (Å²) in [7, 11) is 3.89. The summed E-state index contributed by atoms with van der Waals surface area (Å²) < 4.78 is 5.17. The quantitative estimate of drug-likeness (QED) is 0.794. The van der Waals surface area contributed by atoms with Crippen molar-refractivity contribution in [2.75, 3.05) is 20.6 Å². The van der Waals surface area contributed by atoms with Crippen LogP contribution in [0.4, 0.5) is 0 Å². The number of aryl methyl sites for hydroxylation is 1. The summed E-state index contributed by atoms with van der Waals surface area (Å²) in [5.41, 5.74) is 7.65. The van der Waals surface area contributed by atoms with Crippen LogP contribution in [-0.4, -0.2) is 45.9 Å². The maximum absolute atomic E-state index is 5.95. The number of nitrogens with zero attached hydrogens (tertiary/aromatic N) is 4. The van der Waals surface area contributed by atoms with Crippen molar-refractivity contribution in [2.45, 2.75) is 13.0 Å². The first-order valence-electron chi connectivity index (χ1n) is 5.32. The third-order valence-corrected chi connectivity index (χ3v) is 2.40. The van der Waals surface area contributed by atoms with E-state index in [0.717, 1.165) is 11.3 Å². The monoisotopic (exact) mass is 236 g/mol. The lowest BCUT2D eigenvalue weighted by Crippen LogP contribution is -2.26. The lowest BCUT2D eigenvalue weighted by molar-refractivity contribution is 0.357. The molecule has 3 N–H and O–H groups in total. The van der Waals surface area contributed by atoms with Gasteiger partial charge in [-0.2, -0.15) is 10.1 Å². The molecule has 0 aliphatic rings. The van der Waals surface area contributed by atoms with Crippen molar-refractivity contribution < 1.29 is 4.52 Å². The summed E-state index contributed by atoms with van der Waals surface area (Å²) in [5.74, 6) is 0.953. The van der Waals surface area contributed by atoms with E-state index in [9.17, 15) is 0 Å². The fourth-order valence-corrected chi connectivity index (χ4v) is 1.54. The molecule has 1 atom stereocenters. The van der Waals surface area contributed by atoms with Crippen LogP contribution in [-0.2, 0) is 0 Å². The van der Waals surface area contributed by atoms with Gasteiger partial charge < -0.3 is 15.2 Å². The van der Waals surface area contributed by atoms with Gasteiger partial charge in [0.2, 0.25) is 0 Å². The summed E-state index contributed by atoms with van der Waals surface area (Å²) in [6.07, 6.45) is 1.66. The lowest BCUT2D eigenvalue weighted by atomic mass is 10.2. The van der Waals surface area contributed by atoms with Gasteiger partial charge in [0, 0.05) is 12.2 Å². The van der Waals surface area contributed by atoms with E-state index in [1.807, 2.05) is 25.9 Å². The molecule has 92 valence electrons. The highest BCUT2D eigenvalue weighted by atomic mass is 16.5. The Bertz CT molecular complexity index is 488. The van der Waals surface area contributed by atoms with Gasteiger partial charge in [0.1, 0.15) is 0 Å². The minimum Gasteiger partial charge on any atom is -0.334 e. The molecule has 1 unspecified atom stereocenters. The van der Waals surface area contributed by atoms with E-state index in [-0.39, 0.29) is 6.04 Å². The molecule has 2 heterocycles. The second kappa shape index (κ2) is 4.64. The van der Waals surface area contributed by atoms with Gasteiger partial charge in [0.25, 0.3) is 5.89 Å². The van der Waals surface area contributed by atoms with Gasteiger partial charge in [-0.1, -0.05) is 5.16 Å². The van der Waals surface area contributed by atoms with Crippen molar-refractivity contribution in [1.29, 1.82) is 0 Å². The SMILES string of the molecule is Cc1[nH]ncc1-c1nc(C(N)CN(C)C)no1. The first kappa shape index (κ1) is 11.7. The third kappa shape index (κ3) is 2.51. The number of likely N-dealkylation sites (N-methyl/N-ethyl adjacent to an activating group) is 1. The summed E-state index contributed by atoms with van der Waals surface area (Å²) in [5, 5.41) is 10.6. The largest absolute Gasteiger partial charge is 0.334 e. The minimum absolute atomic E-state index is 0.255. The third-order valence-electron chi connectivity index (χ3n) is 2.40. The summed E-state index contributed by atoms with van der Waals surface area (Å²) in [6, 6.07) is -0.255. The summed E-state index contributed by atoms with van der Waals surface area (Å²) in [4.78, 5) is 6.25. The van der Waals surface area contributed by atoms with Crippen LogP contribution in [0.3, 0.4) is 0 Å². The van der Waals surface area contributed by atoms with Gasteiger partial charge in [-0.3, -0.25) is 5.10 Å². The number of aromatic amines is 1. The highest BCUT2D eigenvalue weighted by molar-refractivity contribution is 5.54. The molecule has 0 bridgehead atoms. The normalized spacial score (nSPS) is 13.2. The van der Waals surface area contributed by atoms with Crippen LogP contribution in [0.1, 0.15) is 17.6 Å². The maximum atomic E-state index is 5.95. The van der Waals surface area contributed by atoms with Crippen LogP contribution in [0.5, 0.6) is 0 Å². The van der Waals surface area contributed by atoms with Crippen LogP contribution in [0.15, 0.2) is 10.7 Å². The van der Waals surface area contributed by atoms with E-state index in [4.69, 9.17) is 10.3 Å². The van der Waals surface area contributed by atoms with Gasteiger partial charge in [-0.05, 0) is 21.0 Å². The van der Waals surface area contributed by atoms with Crippen LogP contribution >= 0.6 is 0 Å². The van der Waals surface area contributed by atoms with Gasteiger partial charge in [0.15, 0.2) is 5.82 Å². The van der Waals surface area contributed by atoms with E-state index in [1.54, 1.807) is 6.20 Å².